The molecule has 11 atom stereocenters. The third kappa shape index (κ3) is 6.29. The largest absolute Gasteiger partial charge is 0.756 e. The van der Waals surface area contributed by atoms with E-state index in [2.05, 4.69) is 15.0 Å². The highest BCUT2D eigenvalue weighted by Gasteiger charge is 2.54. The van der Waals surface area contributed by atoms with E-state index < -0.39 is 95.7 Å². The first kappa shape index (κ1) is 34.0. The van der Waals surface area contributed by atoms with E-state index >= 15 is 8.78 Å². The Bertz CT molecular complexity index is 1550. The fraction of sp³-hybridized carbons (Fsp3) is 0.550. The van der Waals surface area contributed by atoms with Crippen molar-refractivity contribution in [3.05, 3.63) is 24.8 Å². The smallest absolute Gasteiger partial charge is 0.268 e. The van der Waals surface area contributed by atoms with E-state index in [0.717, 1.165) is 29.4 Å². The van der Waals surface area contributed by atoms with Crippen molar-refractivity contribution in [2.24, 2.45) is 5.92 Å². The highest BCUT2D eigenvalue weighted by atomic mass is 31.2. The summed E-state index contributed by atoms with van der Waals surface area (Å²) in [5.41, 5.74) is 5.86. The van der Waals surface area contributed by atoms with Gasteiger partial charge in [-0.1, -0.05) is 6.08 Å². The summed E-state index contributed by atoms with van der Waals surface area (Å²) >= 11 is 0. The van der Waals surface area contributed by atoms with Crippen LogP contribution in [0.2, 0.25) is 0 Å². The molecule has 11 N–H and O–H groups in total. The van der Waals surface area contributed by atoms with E-state index in [1.165, 1.54) is 0 Å². The molecule has 0 saturated carbocycles. The van der Waals surface area contributed by atoms with E-state index in [-0.39, 0.29) is 29.3 Å². The summed E-state index contributed by atoms with van der Waals surface area (Å²) in [6, 6.07) is 0. The van der Waals surface area contributed by atoms with Crippen LogP contribution in [0.4, 0.5) is 14.6 Å². The third-order valence-corrected chi connectivity index (χ3v) is 8.84. The van der Waals surface area contributed by atoms with Crippen molar-refractivity contribution in [3.63, 3.8) is 0 Å². The average Bonchev–Trinajstić information content (AvgIpc) is 3.57. The zero-order valence-electron chi connectivity index (χ0n) is 22.8. The Labute approximate surface area is 245 Å². The summed E-state index contributed by atoms with van der Waals surface area (Å²) in [5.74, 6) is -3.14. The molecular formula is C20H28F2N8O12P2. The summed E-state index contributed by atoms with van der Waals surface area (Å²) in [6.45, 7) is -2.08. The van der Waals surface area contributed by atoms with Gasteiger partial charge in [0.2, 0.25) is 11.8 Å². The van der Waals surface area contributed by atoms with E-state index in [9.17, 15) is 28.5 Å². The first-order valence-electron chi connectivity index (χ1n) is 12.2. The molecule has 2 aromatic heterocycles. The molecule has 20 nitrogen and oxygen atoms in total. The van der Waals surface area contributed by atoms with Crippen LogP contribution in [0, 0.1) is 5.92 Å². The number of aromatic nitrogens is 4. The molecule has 244 valence electrons. The topological polar surface area (TPSA) is 324 Å². The number of alkyl halides is 2. The quantitative estimate of drug-likeness (QED) is 0.221. The van der Waals surface area contributed by atoms with Crippen molar-refractivity contribution < 1.29 is 64.9 Å². The number of amides is 2. The second kappa shape index (κ2) is 12.5. The molecule has 3 saturated heterocycles. The standard InChI is InChI=1S/C20H22F2N6O12P2.2H3N/c21-11-14(7-1-2-10(29)27-19(7)30)37-8-3-35-42(33,34)40-16-9(4-36-41(31,32)39-15(8)11)38-20(12(16)22)28-6-26-13-17(23)24-5-25-18(13)28;;/h1-2,5-9,11-12,14-16,20H,3-4H2,(H,31,32)(H,33,34)(H2,23,24,25)(H,27,29,30);2*1H3/t7?,8-,9-,11+,12-,14+,15-,16-,20-;;/m1../s1. The number of carbonyl (C=O) groups is 2. The van der Waals surface area contributed by atoms with Crippen LogP contribution in [0.15, 0.2) is 24.8 Å². The van der Waals surface area contributed by atoms with Gasteiger partial charge in [-0.2, -0.15) is 0 Å². The molecule has 0 aromatic carbocycles. The Morgan fingerprint density at radius 1 is 0.932 bits per heavy atom. The number of hydrogen-bond acceptors (Lipinski definition) is 16. The van der Waals surface area contributed by atoms with Crippen molar-refractivity contribution in [3.8, 4) is 0 Å². The normalized spacial score (nSPS) is 41.0. The highest BCUT2D eigenvalue weighted by molar-refractivity contribution is 7.46. The van der Waals surface area contributed by atoms with Gasteiger partial charge < -0.3 is 55.4 Å². The summed E-state index contributed by atoms with van der Waals surface area (Å²) in [4.78, 5) is 60.8. The number of nitrogens with one attached hydrogen (secondary N) is 1. The number of imidazole rings is 1. The molecule has 0 spiro atoms. The van der Waals surface area contributed by atoms with Crippen LogP contribution < -0.4 is 33.1 Å². The molecule has 3 fully saturated rings. The number of ether oxygens (including phenoxy) is 2. The Kier molecular flexibility index (Phi) is 9.67. The lowest BCUT2D eigenvalue weighted by molar-refractivity contribution is -0.244. The lowest BCUT2D eigenvalue weighted by atomic mass is 9.94. The van der Waals surface area contributed by atoms with Crippen LogP contribution in [0.25, 0.3) is 11.2 Å². The molecule has 24 heteroatoms. The minimum atomic E-state index is -5.42. The zero-order chi connectivity index (χ0) is 30.0. The Morgan fingerprint density at radius 2 is 1.55 bits per heavy atom. The number of anilines is 1. The van der Waals surface area contributed by atoms with Crippen molar-refractivity contribution in [2.75, 3.05) is 18.9 Å². The number of nitrogen functional groups attached to an aromatic ring is 1. The van der Waals surface area contributed by atoms with Crippen LogP contribution in [0.1, 0.15) is 6.23 Å². The van der Waals surface area contributed by atoms with Gasteiger partial charge in [-0.05, 0) is 0 Å². The fourth-order valence-corrected chi connectivity index (χ4v) is 6.88. The first-order chi connectivity index (χ1) is 19.8. The van der Waals surface area contributed by atoms with Crippen LogP contribution in [0.5, 0.6) is 0 Å². The van der Waals surface area contributed by atoms with Crippen LogP contribution in [0.3, 0.4) is 0 Å². The molecule has 3 unspecified atom stereocenters. The summed E-state index contributed by atoms with van der Waals surface area (Å²) < 4.78 is 88.2. The molecule has 2 aromatic rings. The number of nitrogens with zero attached hydrogens (tertiary/aromatic N) is 4. The predicted molar refractivity (Wildman–Crippen MR) is 137 cm³/mol. The monoisotopic (exact) mass is 672 g/mol. The predicted octanol–water partition coefficient (Wildman–Crippen LogP) is -0.915. The number of nitrogens with two attached hydrogens (primary N) is 1. The van der Waals surface area contributed by atoms with Crippen molar-refractivity contribution >= 4 is 44.4 Å². The molecule has 44 heavy (non-hydrogen) atoms. The van der Waals surface area contributed by atoms with Gasteiger partial charge in [-0.3, -0.25) is 28.6 Å². The lowest BCUT2D eigenvalue weighted by Crippen LogP contribution is -2.45. The van der Waals surface area contributed by atoms with Gasteiger partial charge in [0, 0.05) is 6.08 Å². The van der Waals surface area contributed by atoms with E-state index in [0.29, 0.717) is 0 Å². The van der Waals surface area contributed by atoms with E-state index in [4.69, 9.17) is 33.3 Å². The highest BCUT2D eigenvalue weighted by Crippen LogP contribution is 2.51. The second-order valence-corrected chi connectivity index (χ2v) is 12.3. The minimum absolute atomic E-state index is 0. The summed E-state index contributed by atoms with van der Waals surface area (Å²) in [5, 5.41) is 1.94. The van der Waals surface area contributed by atoms with Gasteiger partial charge in [-0.25, -0.2) is 23.7 Å². The Hall–Kier alpha value is -2.85. The van der Waals surface area contributed by atoms with Crippen LogP contribution >= 0.6 is 15.6 Å². The van der Waals surface area contributed by atoms with E-state index in [1.807, 2.05) is 5.32 Å². The molecule has 0 radical (unpaired) electrons. The maximum atomic E-state index is 15.7. The zero-order valence-corrected chi connectivity index (χ0v) is 24.6. The van der Waals surface area contributed by atoms with Crippen LogP contribution in [-0.2, 0) is 46.3 Å². The number of carbonyl (C=O) groups excluding carboxylic acids is 2. The van der Waals surface area contributed by atoms with Crippen molar-refractivity contribution in [2.45, 2.75) is 49.1 Å². The van der Waals surface area contributed by atoms with E-state index in [1.54, 1.807) is 0 Å². The number of halogens is 2. The summed E-state index contributed by atoms with van der Waals surface area (Å²) in [6.07, 6.45) is -11.2. The maximum Gasteiger partial charge on any atom is 0.268 e. The molecule has 4 aliphatic heterocycles. The van der Waals surface area contributed by atoms with Crippen molar-refractivity contribution in [1.82, 2.24) is 37.1 Å². The molecule has 0 bridgehead atoms. The number of rotatable bonds is 2. The lowest BCUT2D eigenvalue weighted by Gasteiger charge is -2.34. The maximum absolute atomic E-state index is 15.7. The third-order valence-electron chi connectivity index (χ3n) is 6.91. The second-order valence-electron chi connectivity index (χ2n) is 9.54. The van der Waals surface area contributed by atoms with Gasteiger partial charge in [0.15, 0.2) is 30.0 Å². The van der Waals surface area contributed by atoms with Gasteiger partial charge in [0.1, 0.15) is 42.4 Å². The molecule has 0 aliphatic carbocycles. The number of quaternary nitrogens is 2. The first-order valence-corrected chi connectivity index (χ1v) is 15.1. The number of phosphoric acid groups is 2. The van der Waals surface area contributed by atoms with Gasteiger partial charge in [0.05, 0.1) is 25.5 Å². The molecule has 6 heterocycles. The molecule has 6 rings (SSSR count). The minimum Gasteiger partial charge on any atom is -0.756 e. The summed E-state index contributed by atoms with van der Waals surface area (Å²) in [7, 11) is -10.8. The van der Waals surface area contributed by atoms with Crippen molar-refractivity contribution in [1.29, 1.82) is 0 Å². The van der Waals surface area contributed by atoms with Gasteiger partial charge >= 0.3 is 0 Å². The number of hydrogen-bond donors (Lipinski definition) is 4. The number of fused-ring (bicyclic) bond motifs is 3. The Morgan fingerprint density at radius 3 is 2.18 bits per heavy atom. The SMILES string of the molecule is Nc1ncnc2c1ncn2[C@@H]1O[C@@H]2COP(=O)([O-])O[C@H]3[C@@H](F)[C@H](C4C=CC(=O)NC4=O)O[C@@H]3COP(=O)([O-])O[C@H]2[C@H]1F.[NH4+].[NH4+]. The molecule has 4 aliphatic rings. The fourth-order valence-electron chi connectivity index (χ4n) is 5.00. The molecular weight excluding hydrogens is 644 g/mol. The average molecular weight is 672 g/mol. The molecule has 2 amide bonds. The van der Waals surface area contributed by atoms with Crippen LogP contribution in [-0.4, -0.2) is 87.4 Å². The number of imide groups is 1. The Balaban J connectivity index is 0.00000221. The van der Waals surface area contributed by atoms with Gasteiger partial charge in [0.25, 0.3) is 15.6 Å². The number of phosphoric ester groups is 2. The van der Waals surface area contributed by atoms with Gasteiger partial charge in [-0.15, -0.1) is 0 Å².